The third kappa shape index (κ3) is 2.99. The summed E-state index contributed by atoms with van der Waals surface area (Å²) in [6.07, 6.45) is -1.24. The van der Waals surface area contributed by atoms with E-state index in [1.807, 2.05) is 0 Å². The number of hydroxylamine groups is 2. The molecule has 0 spiro atoms. The van der Waals surface area contributed by atoms with Crippen molar-refractivity contribution >= 4 is 8.32 Å². The van der Waals surface area contributed by atoms with Crippen LogP contribution in [0.4, 0.5) is 0 Å². The zero-order valence-electron chi connectivity index (χ0n) is 12.5. The van der Waals surface area contributed by atoms with E-state index in [1.165, 1.54) is 0 Å². The largest absolute Gasteiger partial charge is 0.568 e. The van der Waals surface area contributed by atoms with Crippen molar-refractivity contribution in [3.8, 4) is 0 Å². The fraction of sp³-hybridized carbons (Fsp3) is 0.500. The monoisotopic (exact) mass is 327 g/mol. The summed E-state index contributed by atoms with van der Waals surface area (Å²) in [6.45, 7) is 5.28. The highest BCUT2D eigenvalue weighted by Gasteiger charge is 2.71. The Hall–Kier alpha value is -1.88. The number of hydrogen-bond donors (Lipinski definition) is 0. The molecule has 0 aromatic heterocycles. The quantitative estimate of drug-likeness (QED) is 0.353. The second-order valence-electron chi connectivity index (χ2n) is 5.96. The van der Waals surface area contributed by atoms with Crippen molar-refractivity contribution in [3.63, 3.8) is 0 Å². The van der Waals surface area contributed by atoms with Crippen molar-refractivity contribution in [3.05, 3.63) is 56.1 Å². The van der Waals surface area contributed by atoms with Crippen molar-refractivity contribution in [2.45, 2.75) is 38.0 Å². The minimum absolute atomic E-state index is 0.429. The van der Waals surface area contributed by atoms with Crippen LogP contribution in [0.5, 0.6) is 0 Å². The molecule has 1 fully saturated rings. The fourth-order valence-electron chi connectivity index (χ4n) is 2.10. The highest BCUT2D eigenvalue weighted by molar-refractivity contribution is 6.69. The summed E-state index contributed by atoms with van der Waals surface area (Å²) < 4.78 is 5.46. The van der Waals surface area contributed by atoms with E-state index >= 15 is 0 Å². The maximum atomic E-state index is 11.4. The SMILES string of the molecule is C[Si](C)(C)ON1OC(c2ccccc2)CC1([N+](=O)[O-])[N+](=O)[O-]. The number of hydrogen-bond acceptors (Lipinski definition) is 7. The van der Waals surface area contributed by atoms with E-state index in [4.69, 9.17) is 9.36 Å². The molecule has 10 heteroatoms. The first-order valence-corrected chi connectivity index (χ1v) is 10.1. The Morgan fingerprint density at radius 2 is 1.77 bits per heavy atom. The Kier molecular flexibility index (Phi) is 4.29. The van der Waals surface area contributed by atoms with Gasteiger partial charge in [0.1, 0.15) is 22.4 Å². The molecule has 1 unspecified atom stereocenters. The molecule has 0 amide bonds. The van der Waals surface area contributed by atoms with E-state index in [2.05, 4.69) is 0 Å². The van der Waals surface area contributed by atoms with Gasteiger partial charge in [-0.05, 0) is 25.2 Å². The number of nitrogens with zero attached hydrogens (tertiary/aromatic N) is 3. The topological polar surface area (TPSA) is 108 Å². The average molecular weight is 327 g/mol. The molecule has 2 rings (SSSR count). The van der Waals surface area contributed by atoms with Crippen LogP contribution in [-0.2, 0) is 9.36 Å². The van der Waals surface area contributed by atoms with Gasteiger partial charge in [0, 0.05) is 0 Å². The van der Waals surface area contributed by atoms with E-state index in [0.717, 1.165) is 0 Å². The summed E-state index contributed by atoms with van der Waals surface area (Å²) in [4.78, 5) is 26.3. The van der Waals surface area contributed by atoms with Crippen LogP contribution in [-0.4, -0.2) is 29.2 Å². The predicted octanol–water partition coefficient (Wildman–Crippen LogP) is 2.34. The molecule has 1 aromatic rings. The Bertz CT molecular complexity index is 562. The lowest BCUT2D eigenvalue weighted by molar-refractivity contribution is -0.847. The van der Waals surface area contributed by atoms with Gasteiger partial charge in [-0.1, -0.05) is 30.3 Å². The fourth-order valence-corrected chi connectivity index (χ4v) is 2.79. The summed E-state index contributed by atoms with van der Waals surface area (Å²) in [7, 11) is -2.34. The zero-order valence-corrected chi connectivity index (χ0v) is 13.5. The molecule has 9 nitrogen and oxygen atoms in total. The van der Waals surface area contributed by atoms with Gasteiger partial charge in [0.2, 0.25) is 8.32 Å². The highest BCUT2D eigenvalue weighted by atomic mass is 28.4. The summed E-state index contributed by atoms with van der Waals surface area (Å²) in [5, 5.41) is 23.3. The smallest absolute Gasteiger partial charge is 0.310 e. The minimum Gasteiger partial charge on any atom is -0.310 e. The van der Waals surface area contributed by atoms with Crippen molar-refractivity contribution < 1.29 is 19.2 Å². The molecule has 1 aromatic carbocycles. The predicted molar refractivity (Wildman–Crippen MR) is 77.9 cm³/mol. The molecule has 0 N–H and O–H groups in total. The second kappa shape index (κ2) is 5.72. The lowest BCUT2D eigenvalue weighted by atomic mass is 10.0. The third-order valence-electron chi connectivity index (χ3n) is 3.09. The summed E-state index contributed by atoms with van der Waals surface area (Å²) in [5.74, 6) is -2.64. The number of rotatable bonds is 5. The molecule has 1 saturated heterocycles. The van der Waals surface area contributed by atoms with Crippen LogP contribution in [0, 0.1) is 20.2 Å². The molecule has 0 bridgehead atoms. The molecular formula is C12H17N3O6Si. The van der Waals surface area contributed by atoms with Crippen molar-refractivity contribution in [1.82, 2.24) is 5.23 Å². The highest BCUT2D eigenvalue weighted by Crippen LogP contribution is 2.42. The van der Waals surface area contributed by atoms with Crippen molar-refractivity contribution in [2.24, 2.45) is 0 Å². The van der Waals surface area contributed by atoms with E-state index < -0.39 is 36.5 Å². The minimum atomic E-state index is -2.64. The molecule has 22 heavy (non-hydrogen) atoms. The first-order valence-electron chi connectivity index (χ1n) is 6.67. The van der Waals surface area contributed by atoms with Crippen LogP contribution in [0.25, 0.3) is 0 Å². The molecule has 1 aliphatic rings. The maximum Gasteiger partial charge on any atom is 0.568 e. The third-order valence-corrected chi connectivity index (χ3v) is 3.80. The standard InChI is InChI=1S/C12H17N3O6Si/c1-22(2,3)21-15-12(13(16)17,14(18)19)9-11(20-15)10-7-5-4-6-8-10/h4-8,11H,9H2,1-3H3. The number of benzene rings is 1. The van der Waals surface area contributed by atoms with Gasteiger partial charge in [-0.25, -0.2) is 0 Å². The molecular weight excluding hydrogens is 310 g/mol. The Labute approximate surface area is 127 Å². The van der Waals surface area contributed by atoms with Gasteiger partial charge in [-0.15, -0.1) is 0 Å². The van der Waals surface area contributed by atoms with E-state index in [0.29, 0.717) is 10.8 Å². The first kappa shape index (κ1) is 16.5. The molecule has 1 heterocycles. The van der Waals surface area contributed by atoms with E-state index in [1.54, 1.807) is 50.0 Å². The normalized spacial score (nSPS) is 21.7. The van der Waals surface area contributed by atoms with Gasteiger partial charge < -0.3 is 4.53 Å². The van der Waals surface area contributed by atoms with Crippen LogP contribution < -0.4 is 0 Å². The Morgan fingerprint density at radius 3 is 2.23 bits per heavy atom. The van der Waals surface area contributed by atoms with Gasteiger partial charge in [-0.3, -0.25) is 25.1 Å². The summed E-state index contributed by atoms with van der Waals surface area (Å²) in [6, 6.07) is 8.66. The molecule has 1 atom stereocenters. The summed E-state index contributed by atoms with van der Waals surface area (Å²) in [5.41, 5.74) is 0.622. The zero-order chi connectivity index (χ0) is 16.5. The van der Waals surface area contributed by atoms with Crippen LogP contribution in [0.3, 0.4) is 0 Å². The Balaban J connectivity index is 2.40. The maximum absolute atomic E-state index is 11.4. The number of nitro groups is 2. The van der Waals surface area contributed by atoms with Gasteiger partial charge in [0.05, 0.1) is 5.23 Å². The van der Waals surface area contributed by atoms with E-state index in [9.17, 15) is 20.2 Å². The van der Waals surface area contributed by atoms with Gasteiger partial charge in [0.25, 0.3) is 0 Å². The summed E-state index contributed by atoms with van der Waals surface area (Å²) >= 11 is 0. The lowest BCUT2D eigenvalue weighted by Gasteiger charge is -2.26. The van der Waals surface area contributed by atoms with Gasteiger partial charge >= 0.3 is 5.79 Å². The van der Waals surface area contributed by atoms with Crippen LogP contribution in [0.15, 0.2) is 30.3 Å². The average Bonchev–Trinajstić information content (AvgIpc) is 2.78. The van der Waals surface area contributed by atoms with Crippen LogP contribution in [0.1, 0.15) is 18.1 Å². The molecule has 1 aliphatic heterocycles. The molecule has 0 radical (unpaired) electrons. The van der Waals surface area contributed by atoms with Crippen LogP contribution >= 0.6 is 0 Å². The van der Waals surface area contributed by atoms with Crippen molar-refractivity contribution in [2.75, 3.05) is 0 Å². The van der Waals surface area contributed by atoms with Gasteiger partial charge in [-0.2, -0.15) is 0 Å². The molecule has 0 saturated carbocycles. The van der Waals surface area contributed by atoms with Crippen LogP contribution in [0.2, 0.25) is 19.6 Å². The van der Waals surface area contributed by atoms with Crippen molar-refractivity contribution in [1.29, 1.82) is 0 Å². The second-order valence-corrected chi connectivity index (χ2v) is 10.4. The molecule has 0 aliphatic carbocycles. The first-order chi connectivity index (χ1) is 10.2. The van der Waals surface area contributed by atoms with E-state index in [-0.39, 0.29) is 0 Å². The van der Waals surface area contributed by atoms with Gasteiger partial charge in [0.15, 0.2) is 0 Å². The lowest BCUT2D eigenvalue weighted by Crippen LogP contribution is -2.58. The molecule has 120 valence electrons. The Morgan fingerprint density at radius 1 is 1.23 bits per heavy atom.